The standard InChI is InChI=1S/C28H32N4O3S2/c1-20-17-30-28(36-20)26-19-32(37(33,34)24-6-3-2-4-7-24)27-25(26)16-22(18-29-27)21-8-10-23(11-9-21)31-12-5-14-35-15-13-31/h2-4,6-7,16-19,21,23H,5,8-15H2,1H3. The molecule has 0 amide bonds. The van der Waals surface area contributed by atoms with Crippen LogP contribution in [0, 0.1) is 6.92 Å². The van der Waals surface area contributed by atoms with Crippen LogP contribution >= 0.6 is 11.3 Å². The summed E-state index contributed by atoms with van der Waals surface area (Å²) in [4.78, 5) is 13.3. The number of nitrogens with zero attached hydrogens (tertiary/aromatic N) is 4. The van der Waals surface area contributed by atoms with E-state index < -0.39 is 10.0 Å². The quantitative estimate of drug-likeness (QED) is 0.337. The predicted molar refractivity (Wildman–Crippen MR) is 147 cm³/mol. The molecule has 1 saturated carbocycles. The van der Waals surface area contributed by atoms with Crippen molar-refractivity contribution < 1.29 is 13.2 Å². The number of fused-ring (bicyclic) bond motifs is 1. The molecule has 4 heterocycles. The molecule has 6 rings (SSSR count). The number of rotatable bonds is 5. The van der Waals surface area contributed by atoms with Gasteiger partial charge in [-0.15, -0.1) is 11.3 Å². The van der Waals surface area contributed by atoms with E-state index in [-0.39, 0.29) is 4.90 Å². The van der Waals surface area contributed by atoms with Gasteiger partial charge in [0.25, 0.3) is 10.0 Å². The van der Waals surface area contributed by atoms with Gasteiger partial charge in [-0.05, 0) is 68.7 Å². The van der Waals surface area contributed by atoms with E-state index >= 15 is 0 Å². The van der Waals surface area contributed by atoms with Gasteiger partial charge in [0, 0.05) is 60.2 Å². The second-order valence-electron chi connectivity index (χ2n) is 10.1. The second kappa shape index (κ2) is 10.3. The molecule has 9 heteroatoms. The molecule has 1 aliphatic carbocycles. The monoisotopic (exact) mass is 536 g/mol. The third-order valence-corrected chi connectivity index (χ3v) is 10.3. The zero-order valence-corrected chi connectivity index (χ0v) is 22.7. The second-order valence-corrected chi connectivity index (χ2v) is 13.1. The molecule has 0 unspecified atom stereocenters. The number of benzene rings is 1. The fourth-order valence-corrected chi connectivity index (χ4v) is 7.90. The van der Waals surface area contributed by atoms with Crippen LogP contribution in [0.4, 0.5) is 0 Å². The molecule has 2 aliphatic rings. The lowest BCUT2D eigenvalue weighted by Crippen LogP contribution is -2.39. The molecule has 1 aliphatic heterocycles. The molecule has 4 aromatic rings. The highest BCUT2D eigenvalue weighted by atomic mass is 32.2. The largest absolute Gasteiger partial charge is 0.380 e. The summed E-state index contributed by atoms with van der Waals surface area (Å²) in [6.45, 7) is 5.88. The van der Waals surface area contributed by atoms with Crippen LogP contribution in [0.2, 0.25) is 0 Å². The molecule has 1 aromatic carbocycles. The van der Waals surface area contributed by atoms with Crippen LogP contribution in [-0.2, 0) is 14.8 Å². The van der Waals surface area contributed by atoms with E-state index in [2.05, 4.69) is 16.0 Å². The summed E-state index contributed by atoms with van der Waals surface area (Å²) in [6.07, 6.45) is 11.1. The first kappa shape index (κ1) is 24.7. The highest BCUT2D eigenvalue weighted by molar-refractivity contribution is 7.90. The van der Waals surface area contributed by atoms with Gasteiger partial charge in [-0.3, -0.25) is 4.90 Å². The van der Waals surface area contributed by atoms with Gasteiger partial charge < -0.3 is 4.74 Å². The minimum atomic E-state index is -3.79. The Hall–Kier alpha value is -2.59. The SMILES string of the molecule is Cc1cnc(-c2cn(S(=O)(=O)c3ccccc3)c3ncc(C4CCC(N5CCCOCC5)CC4)cc23)s1. The lowest BCUT2D eigenvalue weighted by atomic mass is 9.81. The number of hydrogen-bond donors (Lipinski definition) is 0. The number of ether oxygens (including phenoxy) is 1. The summed E-state index contributed by atoms with van der Waals surface area (Å²) >= 11 is 1.57. The summed E-state index contributed by atoms with van der Waals surface area (Å²) in [5.74, 6) is 0.427. The van der Waals surface area contributed by atoms with Crippen LogP contribution in [0.25, 0.3) is 21.6 Å². The van der Waals surface area contributed by atoms with E-state index in [0.717, 1.165) is 66.4 Å². The van der Waals surface area contributed by atoms with Crippen molar-refractivity contribution in [2.45, 2.75) is 55.9 Å². The van der Waals surface area contributed by atoms with Crippen LogP contribution in [0.3, 0.4) is 0 Å². The van der Waals surface area contributed by atoms with Gasteiger partial charge in [-0.25, -0.2) is 22.4 Å². The molecule has 2 fully saturated rings. The average molecular weight is 537 g/mol. The zero-order valence-electron chi connectivity index (χ0n) is 21.0. The van der Waals surface area contributed by atoms with E-state index in [0.29, 0.717) is 17.6 Å². The Morgan fingerprint density at radius 3 is 2.57 bits per heavy atom. The third kappa shape index (κ3) is 4.85. The van der Waals surface area contributed by atoms with Crippen LogP contribution in [0.5, 0.6) is 0 Å². The normalized spacial score (nSPS) is 21.8. The van der Waals surface area contributed by atoms with Crippen molar-refractivity contribution in [3.05, 3.63) is 65.4 Å². The van der Waals surface area contributed by atoms with Crippen LogP contribution < -0.4 is 0 Å². The Kier molecular flexibility index (Phi) is 6.88. The molecular formula is C28H32N4O3S2. The summed E-state index contributed by atoms with van der Waals surface area (Å²) in [5, 5.41) is 1.66. The van der Waals surface area contributed by atoms with Crippen molar-refractivity contribution in [1.29, 1.82) is 0 Å². The van der Waals surface area contributed by atoms with E-state index in [1.54, 1.807) is 41.8 Å². The Bertz CT molecular complexity index is 1480. The average Bonchev–Trinajstić information content (AvgIpc) is 3.42. The minimum absolute atomic E-state index is 0.247. The topological polar surface area (TPSA) is 77.3 Å². The first-order valence-electron chi connectivity index (χ1n) is 13.1. The summed E-state index contributed by atoms with van der Waals surface area (Å²) in [5.41, 5.74) is 2.46. The molecule has 37 heavy (non-hydrogen) atoms. The maximum atomic E-state index is 13.6. The van der Waals surface area contributed by atoms with E-state index in [4.69, 9.17) is 9.72 Å². The summed E-state index contributed by atoms with van der Waals surface area (Å²) in [7, 11) is -3.79. The van der Waals surface area contributed by atoms with Gasteiger partial charge in [0.1, 0.15) is 5.01 Å². The van der Waals surface area contributed by atoms with Crippen molar-refractivity contribution in [3.63, 3.8) is 0 Å². The van der Waals surface area contributed by atoms with Crippen molar-refractivity contribution in [2.24, 2.45) is 0 Å². The Balaban J connectivity index is 1.34. The fraction of sp³-hybridized carbons (Fsp3) is 0.429. The molecule has 7 nitrogen and oxygen atoms in total. The molecule has 0 N–H and O–H groups in total. The highest BCUT2D eigenvalue weighted by Crippen LogP contribution is 2.39. The van der Waals surface area contributed by atoms with Gasteiger partial charge in [0.2, 0.25) is 0 Å². The smallest absolute Gasteiger partial charge is 0.269 e. The number of aromatic nitrogens is 3. The van der Waals surface area contributed by atoms with Gasteiger partial charge in [0.05, 0.1) is 11.5 Å². The highest BCUT2D eigenvalue weighted by Gasteiger charge is 2.29. The van der Waals surface area contributed by atoms with Crippen LogP contribution in [0.1, 0.15) is 48.5 Å². The van der Waals surface area contributed by atoms with Crippen molar-refractivity contribution in [1.82, 2.24) is 18.8 Å². The molecular weight excluding hydrogens is 504 g/mol. The first-order chi connectivity index (χ1) is 18.0. The molecule has 0 atom stereocenters. The maximum Gasteiger partial charge on any atom is 0.269 e. The number of aryl methyl sites for hydroxylation is 1. The Morgan fingerprint density at radius 2 is 1.81 bits per heavy atom. The first-order valence-corrected chi connectivity index (χ1v) is 15.3. The van der Waals surface area contributed by atoms with Crippen molar-refractivity contribution in [3.8, 4) is 10.6 Å². The van der Waals surface area contributed by atoms with E-state index in [1.807, 2.05) is 25.4 Å². The lowest BCUT2D eigenvalue weighted by molar-refractivity contribution is 0.118. The third-order valence-electron chi connectivity index (χ3n) is 7.73. The van der Waals surface area contributed by atoms with E-state index in [1.165, 1.54) is 22.4 Å². The number of hydrogen-bond acceptors (Lipinski definition) is 7. The Morgan fingerprint density at radius 1 is 1.00 bits per heavy atom. The summed E-state index contributed by atoms with van der Waals surface area (Å²) in [6, 6.07) is 11.3. The molecule has 194 valence electrons. The minimum Gasteiger partial charge on any atom is -0.380 e. The molecule has 0 spiro atoms. The van der Waals surface area contributed by atoms with Crippen LogP contribution in [0.15, 0.2) is 59.9 Å². The van der Waals surface area contributed by atoms with Crippen molar-refractivity contribution in [2.75, 3.05) is 26.3 Å². The Labute approximate surface area is 222 Å². The van der Waals surface area contributed by atoms with Gasteiger partial charge >= 0.3 is 0 Å². The van der Waals surface area contributed by atoms with Gasteiger partial charge in [-0.1, -0.05) is 18.2 Å². The van der Waals surface area contributed by atoms with Gasteiger partial charge in [0.15, 0.2) is 5.65 Å². The van der Waals surface area contributed by atoms with Crippen molar-refractivity contribution >= 4 is 32.4 Å². The summed E-state index contributed by atoms with van der Waals surface area (Å²) < 4.78 is 34.2. The fourth-order valence-electron chi connectivity index (χ4n) is 5.76. The number of pyridine rings is 1. The molecule has 0 radical (unpaired) electrons. The molecule has 3 aromatic heterocycles. The van der Waals surface area contributed by atoms with Gasteiger partial charge in [-0.2, -0.15) is 0 Å². The maximum absolute atomic E-state index is 13.6. The molecule has 1 saturated heterocycles. The molecule has 0 bridgehead atoms. The predicted octanol–water partition coefficient (Wildman–Crippen LogP) is 5.45. The van der Waals surface area contributed by atoms with Crippen LogP contribution in [-0.4, -0.2) is 59.6 Å². The van der Waals surface area contributed by atoms with E-state index in [9.17, 15) is 8.42 Å². The number of thiazole rings is 1. The lowest BCUT2D eigenvalue weighted by Gasteiger charge is -2.36. The zero-order chi connectivity index (χ0) is 25.4.